The molecule has 0 unspecified atom stereocenters. The molecule has 2 aromatic rings. The molecule has 3 aliphatic heterocycles. The summed E-state index contributed by atoms with van der Waals surface area (Å²) in [6.45, 7) is 0.647. The van der Waals surface area contributed by atoms with Gasteiger partial charge in [-0.3, -0.25) is 14.4 Å². The minimum absolute atomic E-state index is 0.0785. The minimum atomic E-state index is -1.02. The molecule has 0 saturated carbocycles. The molecule has 11 heteroatoms. The Kier molecular flexibility index (Phi) is 5.44. The van der Waals surface area contributed by atoms with Gasteiger partial charge in [-0.25, -0.2) is 8.78 Å². The van der Waals surface area contributed by atoms with Crippen LogP contribution in [-0.2, 0) is 11.3 Å². The van der Waals surface area contributed by atoms with Gasteiger partial charge in [-0.1, -0.05) is 29.8 Å². The lowest BCUT2D eigenvalue weighted by Crippen LogP contribution is -2.66. The van der Waals surface area contributed by atoms with E-state index >= 15 is 0 Å². The van der Waals surface area contributed by atoms with Gasteiger partial charge in [0.25, 0.3) is 11.8 Å². The Morgan fingerprint density at radius 2 is 2.09 bits per heavy atom. The maximum Gasteiger partial charge on any atom is 0.275 e. The predicted molar refractivity (Wildman–Crippen MR) is 117 cm³/mol. The monoisotopic (exact) mass is 491 g/mol. The standard InChI is InChI=1S/C23H20ClF2N3O5/c24-16-14(25)4-3-12(17(16)26)9-27-21(32)13-10-28-15-5-8-34-11-23(15)6-1-2-7-29(23)22(33)18(28)20(31)19(13)30/h1-4,10,15,31H,5-9,11H2,(H,27,32)/t15-,23+/m0/s1. The Bertz CT molecular complexity index is 1310. The molecule has 1 fully saturated rings. The summed E-state index contributed by atoms with van der Waals surface area (Å²) >= 11 is 5.57. The number of amides is 2. The van der Waals surface area contributed by atoms with Crippen molar-refractivity contribution in [1.82, 2.24) is 14.8 Å². The van der Waals surface area contributed by atoms with Gasteiger partial charge in [0.15, 0.2) is 11.4 Å². The molecule has 0 aliphatic carbocycles. The number of benzene rings is 1. The van der Waals surface area contributed by atoms with E-state index in [0.717, 1.165) is 12.1 Å². The Labute approximate surface area is 197 Å². The number of nitrogens with zero attached hydrogens (tertiary/aromatic N) is 2. The highest BCUT2D eigenvalue weighted by molar-refractivity contribution is 6.30. The zero-order chi connectivity index (χ0) is 24.2. The topological polar surface area (TPSA) is 101 Å². The smallest absolute Gasteiger partial charge is 0.275 e. The van der Waals surface area contributed by atoms with Crippen LogP contribution in [0.5, 0.6) is 5.75 Å². The molecule has 34 heavy (non-hydrogen) atoms. The SMILES string of the molecule is O=C(NCc1ccc(F)c(Cl)c1F)c1cn2c(c(O)c1=O)C(=O)N1CC=CC[C@]13COCC[C@H]23. The molecule has 5 rings (SSSR count). The highest BCUT2D eigenvalue weighted by Gasteiger charge is 2.54. The molecule has 4 heterocycles. The van der Waals surface area contributed by atoms with Gasteiger partial charge in [0, 0.05) is 31.5 Å². The number of carbonyl (C=O) groups is 2. The van der Waals surface area contributed by atoms with Gasteiger partial charge >= 0.3 is 0 Å². The molecular formula is C23H20ClF2N3O5. The number of pyridine rings is 1. The van der Waals surface area contributed by atoms with E-state index in [-0.39, 0.29) is 30.5 Å². The van der Waals surface area contributed by atoms with Crippen molar-refractivity contribution in [3.05, 3.63) is 74.2 Å². The van der Waals surface area contributed by atoms with Crippen molar-refractivity contribution in [1.29, 1.82) is 0 Å². The van der Waals surface area contributed by atoms with E-state index in [1.807, 2.05) is 12.2 Å². The molecule has 0 radical (unpaired) electrons. The molecule has 1 aromatic heterocycles. The summed E-state index contributed by atoms with van der Waals surface area (Å²) in [7, 11) is 0. The van der Waals surface area contributed by atoms with E-state index < -0.39 is 50.8 Å². The van der Waals surface area contributed by atoms with Crippen LogP contribution in [0.4, 0.5) is 8.78 Å². The van der Waals surface area contributed by atoms with E-state index in [1.54, 1.807) is 4.90 Å². The van der Waals surface area contributed by atoms with Crippen LogP contribution < -0.4 is 10.7 Å². The first-order valence-electron chi connectivity index (χ1n) is 10.7. The highest BCUT2D eigenvalue weighted by Crippen LogP contribution is 2.46. The molecular weight excluding hydrogens is 472 g/mol. The van der Waals surface area contributed by atoms with Crippen molar-refractivity contribution in [3.63, 3.8) is 0 Å². The second-order valence-corrected chi connectivity index (χ2v) is 8.92. The number of fused-ring (bicyclic) bond motifs is 2. The first-order chi connectivity index (χ1) is 16.3. The fraction of sp³-hybridized carbons (Fsp3) is 0.348. The first-order valence-corrected chi connectivity index (χ1v) is 11.1. The quantitative estimate of drug-likeness (QED) is 0.507. The predicted octanol–water partition coefficient (Wildman–Crippen LogP) is 2.53. The van der Waals surface area contributed by atoms with Crippen LogP contribution in [0.1, 0.15) is 45.3 Å². The van der Waals surface area contributed by atoms with E-state index in [0.29, 0.717) is 26.0 Å². The largest absolute Gasteiger partial charge is 0.503 e. The van der Waals surface area contributed by atoms with Crippen molar-refractivity contribution in [2.24, 2.45) is 0 Å². The number of halogens is 3. The van der Waals surface area contributed by atoms with Crippen molar-refractivity contribution in [2.45, 2.75) is 31.0 Å². The Balaban J connectivity index is 1.53. The summed E-state index contributed by atoms with van der Waals surface area (Å²) in [5.74, 6) is -4.17. The third-order valence-electron chi connectivity index (χ3n) is 6.76. The van der Waals surface area contributed by atoms with Crippen molar-refractivity contribution >= 4 is 23.4 Å². The molecule has 1 spiro atoms. The third-order valence-corrected chi connectivity index (χ3v) is 7.11. The van der Waals surface area contributed by atoms with Crippen molar-refractivity contribution in [2.75, 3.05) is 19.8 Å². The van der Waals surface area contributed by atoms with Gasteiger partial charge < -0.3 is 24.6 Å². The van der Waals surface area contributed by atoms with Crippen LogP contribution in [0.3, 0.4) is 0 Å². The van der Waals surface area contributed by atoms with Crippen LogP contribution in [-0.4, -0.2) is 51.7 Å². The molecule has 178 valence electrons. The number of rotatable bonds is 3. The van der Waals surface area contributed by atoms with Crippen molar-refractivity contribution < 1.29 is 28.2 Å². The average molecular weight is 492 g/mol. The Hall–Kier alpha value is -3.24. The fourth-order valence-electron chi connectivity index (χ4n) is 5.04. The van der Waals surface area contributed by atoms with Gasteiger partial charge in [0.05, 0.1) is 18.2 Å². The number of aromatic nitrogens is 1. The molecule has 2 amide bonds. The summed E-state index contributed by atoms with van der Waals surface area (Å²) in [6, 6.07) is 1.77. The lowest BCUT2D eigenvalue weighted by atomic mass is 9.77. The Morgan fingerprint density at radius 3 is 2.88 bits per heavy atom. The maximum absolute atomic E-state index is 14.2. The van der Waals surface area contributed by atoms with E-state index in [2.05, 4.69) is 5.32 Å². The summed E-state index contributed by atoms with van der Waals surface area (Å²) in [5.41, 5.74) is -2.35. The number of nitrogens with one attached hydrogen (secondary N) is 1. The summed E-state index contributed by atoms with van der Waals surface area (Å²) < 4.78 is 34.8. The van der Waals surface area contributed by atoms with E-state index in [9.17, 15) is 28.3 Å². The number of hydrogen-bond acceptors (Lipinski definition) is 5. The number of ether oxygens (including phenoxy) is 1. The first kappa shape index (κ1) is 22.5. The van der Waals surface area contributed by atoms with Gasteiger partial charge in [-0.2, -0.15) is 0 Å². The van der Waals surface area contributed by atoms with Crippen LogP contribution >= 0.6 is 11.6 Å². The summed E-state index contributed by atoms with van der Waals surface area (Å²) in [4.78, 5) is 40.6. The molecule has 0 bridgehead atoms. The molecule has 8 nitrogen and oxygen atoms in total. The zero-order valence-corrected chi connectivity index (χ0v) is 18.6. The van der Waals surface area contributed by atoms with Gasteiger partial charge in [-0.15, -0.1) is 0 Å². The third kappa shape index (κ3) is 3.24. The van der Waals surface area contributed by atoms with E-state index in [1.165, 1.54) is 10.8 Å². The zero-order valence-electron chi connectivity index (χ0n) is 17.8. The molecule has 3 aliphatic rings. The second kappa shape index (κ2) is 8.21. The van der Waals surface area contributed by atoms with Crippen LogP contribution in [0.2, 0.25) is 5.02 Å². The van der Waals surface area contributed by atoms with Crippen molar-refractivity contribution in [3.8, 4) is 5.75 Å². The summed E-state index contributed by atoms with van der Waals surface area (Å²) in [6.07, 6.45) is 6.12. The van der Waals surface area contributed by atoms with Crippen LogP contribution in [0.15, 0.2) is 35.3 Å². The lowest BCUT2D eigenvalue weighted by Gasteiger charge is -2.55. The highest BCUT2D eigenvalue weighted by atomic mass is 35.5. The van der Waals surface area contributed by atoms with Gasteiger partial charge in [0.2, 0.25) is 5.43 Å². The minimum Gasteiger partial charge on any atom is -0.503 e. The van der Waals surface area contributed by atoms with Crippen LogP contribution in [0.25, 0.3) is 0 Å². The average Bonchev–Trinajstić information content (AvgIpc) is 2.83. The number of aromatic hydroxyl groups is 1. The molecule has 1 aromatic carbocycles. The molecule has 1 saturated heterocycles. The normalized spacial score (nSPS) is 23.2. The van der Waals surface area contributed by atoms with Crippen LogP contribution in [0, 0.1) is 11.6 Å². The van der Waals surface area contributed by atoms with Gasteiger partial charge in [-0.05, 0) is 18.9 Å². The van der Waals surface area contributed by atoms with E-state index in [4.69, 9.17) is 16.3 Å². The van der Waals surface area contributed by atoms with Gasteiger partial charge in [0.1, 0.15) is 22.2 Å². The number of hydrogen-bond donors (Lipinski definition) is 2. The fourth-order valence-corrected chi connectivity index (χ4v) is 5.23. The lowest BCUT2D eigenvalue weighted by molar-refractivity contribution is -0.0774. The Morgan fingerprint density at radius 1 is 1.29 bits per heavy atom. The number of carbonyl (C=O) groups excluding carboxylic acids is 2. The molecule has 2 N–H and O–H groups in total. The second-order valence-electron chi connectivity index (χ2n) is 8.55. The maximum atomic E-state index is 14.2. The summed E-state index contributed by atoms with van der Waals surface area (Å²) in [5, 5.41) is 12.4. The molecule has 2 atom stereocenters.